The van der Waals surface area contributed by atoms with Crippen molar-refractivity contribution in [3.8, 4) is 0 Å². The first-order valence-electron chi connectivity index (χ1n) is 9.18. The van der Waals surface area contributed by atoms with Gasteiger partial charge in [0.25, 0.3) is 0 Å². The van der Waals surface area contributed by atoms with E-state index in [0.717, 1.165) is 5.56 Å². The van der Waals surface area contributed by atoms with Crippen LogP contribution in [0.5, 0.6) is 0 Å². The van der Waals surface area contributed by atoms with Gasteiger partial charge in [-0.25, -0.2) is 9.78 Å². The van der Waals surface area contributed by atoms with Crippen molar-refractivity contribution < 1.29 is 9.53 Å². The van der Waals surface area contributed by atoms with Gasteiger partial charge in [-0.1, -0.05) is 23.7 Å². The fourth-order valence-corrected chi connectivity index (χ4v) is 2.85. The van der Waals surface area contributed by atoms with Gasteiger partial charge in [-0.2, -0.15) is 5.10 Å². The number of nitrogens with two attached hydrogens (primary N) is 1. The number of aromatic nitrogens is 2. The van der Waals surface area contributed by atoms with Crippen molar-refractivity contribution in [1.82, 2.24) is 14.9 Å². The van der Waals surface area contributed by atoms with Gasteiger partial charge >= 0.3 is 6.09 Å². The van der Waals surface area contributed by atoms with E-state index >= 15 is 0 Å². The van der Waals surface area contributed by atoms with Crippen LogP contribution < -0.4 is 10.6 Å². The molecule has 2 N–H and O–H groups in total. The topological polar surface area (TPSA) is 109 Å². The minimum atomic E-state index is -0.290. The van der Waals surface area contributed by atoms with Crippen molar-refractivity contribution in [2.75, 3.05) is 37.7 Å². The van der Waals surface area contributed by atoms with Crippen LogP contribution in [0.4, 0.5) is 10.6 Å². The number of ether oxygens (including phenoxy) is 1. The molecule has 1 saturated heterocycles. The number of hydrogen-bond acceptors (Lipinski definition) is 7. The van der Waals surface area contributed by atoms with Crippen LogP contribution in [0.3, 0.4) is 0 Å². The normalized spacial score (nSPS) is 15.0. The average molecular weight is 416 g/mol. The van der Waals surface area contributed by atoms with Crippen molar-refractivity contribution in [3.63, 3.8) is 0 Å². The number of carbonyl (C=O) groups excluding carboxylic acids is 1. The van der Waals surface area contributed by atoms with E-state index in [4.69, 9.17) is 22.1 Å². The zero-order chi connectivity index (χ0) is 20.6. The maximum atomic E-state index is 11.8. The smallest absolute Gasteiger partial charge is 0.409 e. The van der Waals surface area contributed by atoms with Crippen LogP contribution in [0.25, 0.3) is 0 Å². The van der Waals surface area contributed by atoms with E-state index < -0.39 is 0 Å². The Bertz CT molecular complexity index is 894. The summed E-state index contributed by atoms with van der Waals surface area (Å²) >= 11 is 5.86. The molecule has 9 nitrogen and oxygen atoms in total. The highest BCUT2D eigenvalue weighted by molar-refractivity contribution is 6.30. The lowest BCUT2D eigenvalue weighted by molar-refractivity contribution is 0.105. The lowest BCUT2D eigenvalue weighted by atomic mass is 10.2. The molecule has 1 aromatic carbocycles. The molecule has 3 rings (SSSR count). The molecule has 152 valence electrons. The van der Waals surface area contributed by atoms with Gasteiger partial charge in [-0.15, -0.1) is 5.10 Å². The van der Waals surface area contributed by atoms with Crippen LogP contribution in [0.2, 0.25) is 5.02 Å². The van der Waals surface area contributed by atoms with E-state index in [2.05, 4.69) is 20.2 Å². The molecule has 0 radical (unpaired) electrons. The van der Waals surface area contributed by atoms with E-state index in [1.807, 2.05) is 17.0 Å². The summed E-state index contributed by atoms with van der Waals surface area (Å²) in [4.78, 5) is 24.3. The molecule has 0 saturated carbocycles. The molecule has 0 bridgehead atoms. The summed E-state index contributed by atoms with van der Waals surface area (Å²) in [6, 6.07) is 7.20. The maximum absolute atomic E-state index is 11.8. The van der Waals surface area contributed by atoms with Crippen molar-refractivity contribution in [3.05, 3.63) is 52.9 Å². The Morgan fingerprint density at radius 2 is 1.97 bits per heavy atom. The number of halogens is 1. The van der Waals surface area contributed by atoms with Crippen molar-refractivity contribution >= 4 is 35.6 Å². The Labute approximate surface area is 173 Å². The van der Waals surface area contributed by atoms with Crippen molar-refractivity contribution in [1.29, 1.82) is 0 Å². The Morgan fingerprint density at radius 1 is 1.24 bits per heavy atom. The molecule has 1 aliphatic heterocycles. The molecule has 29 heavy (non-hydrogen) atoms. The highest BCUT2D eigenvalue weighted by Crippen LogP contribution is 2.14. The minimum Gasteiger partial charge on any atom is -0.450 e. The number of anilines is 1. The molecule has 2 aromatic rings. The summed E-state index contributed by atoms with van der Waals surface area (Å²) in [5.41, 5.74) is 7.29. The molecule has 10 heteroatoms. The first kappa shape index (κ1) is 20.5. The van der Waals surface area contributed by atoms with Crippen LogP contribution in [0, 0.1) is 0 Å². The molecular formula is C19H22ClN7O2. The zero-order valence-corrected chi connectivity index (χ0v) is 16.8. The van der Waals surface area contributed by atoms with Crippen LogP contribution in [0.15, 0.2) is 46.9 Å². The van der Waals surface area contributed by atoms with Crippen LogP contribution in [-0.2, 0) is 4.74 Å². The lowest BCUT2D eigenvalue weighted by Crippen LogP contribution is -2.49. The van der Waals surface area contributed by atoms with Gasteiger partial charge in [-0.05, 0) is 24.6 Å². The highest BCUT2D eigenvalue weighted by atomic mass is 35.5. The van der Waals surface area contributed by atoms with Crippen LogP contribution in [-0.4, -0.2) is 65.8 Å². The molecule has 0 aliphatic carbocycles. The third kappa shape index (κ3) is 5.64. The largest absolute Gasteiger partial charge is 0.450 e. The second-order valence-corrected chi connectivity index (χ2v) is 6.65. The number of piperazine rings is 1. The number of amidine groups is 1. The van der Waals surface area contributed by atoms with Gasteiger partial charge in [0.2, 0.25) is 0 Å². The Kier molecular flexibility index (Phi) is 6.96. The standard InChI is InChI=1S/C19H22ClN7O2/c1-2-29-19(28)27-9-7-26(8-10-27)17-13-22-12-16(24-17)18(21)25-23-11-14-3-5-15(20)6-4-14/h3-6,11-13H,2,7-10H2,1H3,(H2,21,25)/b23-11+. The molecule has 0 spiro atoms. The quantitative estimate of drug-likeness (QED) is 0.455. The fourth-order valence-electron chi connectivity index (χ4n) is 2.72. The van der Waals surface area contributed by atoms with Gasteiger partial charge in [0.15, 0.2) is 5.84 Å². The highest BCUT2D eigenvalue weighted by Gasteiger charge is 2.23. The second-order valence-electron chi connectivity index (χ2n) is 6.22. The first-order chi connectivity index (χ1) is 14.1. The van der Waals surface area contributed by atoms with E-state index in [9.17, 15) is 4.79 Å². The van der Waals surface area contributed by atoms with Crippen molar-refractivity contribution in [2.24, 2.45) is 15.9 Å². The monoisotopic (exact) mass is 415 g/mol. The molecule has 1 aliphatic rings. The van der Waals surface area contributed by atoms with E-state index in [1.165, 1.54) is 6.20 Å². The second kappa shape index (κ2) is 9.83. The Morgan fingerprint density at radius 3 is 2.66 bits per heavy atom. The van der Waals surface area contributed by atoms with Gasteiger partial charge < -0.3 is 20.3 Å². The van der Waals surface area contributed by atoms with Crippen LogP contribution in [0.1, 0.15) is 18.2 Å². The zero-order valence-electron chi connectivity index (χ0n) is 16.0. The molecule has 0 atom stereocenters. The Hall–Kier alpha value is -3.20. The number of rotatable bonds is 5. The number of amides is 1. The molecule has 0 unspecified atom stereocenters. The minimum absolute atomic E-state index is 0.162. The summed E-state index contributed by atoms with van der Waals surface area (Å²) in [6.45, 7) is 4.53. The summed E-state index contributed by atoms with van der Waals surface area (Å²) < 4.78 is 5.04. The summed E-state index contributed by atoms with van der Waals surface area (Å²) in [5, 5.41) is 8.64. The maximum Gasteiger partial charge on any atom is 0.409 e. The number of nitrogens with zero attached hydrogens (tertiary/aromatic N) is 6. The first-order valence-corrected chi connectivity index (χ1v) is 9.55. The summed E-state index contributed by atoms with van der Waals surface area (Å²) in [5.74, 6) is 0.834. The van der Waals surface area contributed by atoms with E-state index in [1.54, 1.807) is 36.4 Å². The number of benzene rings is 1. The van der Waals surface area contributed by atoms with Gasteiger partial charge in [0.05, 0.1) is 25.2 Å². The van der Waals surface area contributed by atoms with Gasteiger partial charge in [0, 0.05) is 31.2 Å². The SMILES string of the molecule is CCOC(=O)N1CCN(c2cncc(/C(N)=N/N=C/c3ccc(Cl)cc3)n2)CC1. The number of hydrogen-bond donors (Lipinski definition) is 1. The molecular weight excluding hydrogens is 394 g/mol. The summed E-state index contributed by atoms with van der Waals surface area (Å²) in [6.07, 6.45) is 4.49. The molecule has 1 amide bonds. The van der Waals surface area contributed by atoms with E-state index in [-0.39, 0.29) is 11.9 Å². The molecule has 1 fully saturated rings. The lowest BCUT2D eigenvalue weighted by Gasteiger charge is -2.34. The predicted octanol–water partition coefficient (Wildman–Crippen LogP) is 2.15. The van der Waals surface area contributed by atoms with Gasteiger partial charge in [0.1, 0.15) is 11.5 Å². The fraction of sp³-hybridized carbons (Fsp3) is 0.316. The molecule has 2 heterocycles. The Balaban J connectivity index is 1.63. The summed E-state index contributed by atoms with van der Waals surface area (Å²) in [7, 11) is 0. The predicted molar refractivity (Wildman–Crippen MR) is 113 cm³/mol. The number of carbonyl (C=O) groups is 1. The third-order valence-corrected chi connectivity index (χ3v) is 4.51. The van der Waals surface area contributed by atoms with Crippen LogP contribution >= 0.6 is 11.6 Å². The van der Waals surface area contributed by atoms with Crippen molar-refractivity contribution in [2.45, 2.75) is 6.92 Å². The van der Waals surface area contributed by atoms with E-state index in [0.29, 0.717) is 49.3 Å². The molecule has 1 aromatic heterocycles. The van der Waals surface area contributed by atoms with Gasteiger partial charge in [-0.3, -0.25) is 4.98 Å². The third-order valence-electron chi connectivity index (χ3n) is 4.26. The average Bonchev–Trinajstić information content (AvgIpc) is 2.75.